The lowest BCUT2D eigenvalue weighted by molar-refractivity contribution is -0.134. The molecule has 0 saturated heterocycles. The fraction of sp³-hybridized carbons (Fsp3) is 0.214. The second-order valence-electron chi connectivity index (χ2n) is 27.4. The maximum Gasteiger partial charge on any atom is 0.300 e. The number of nitrogens with zero attached hydrogens (tertiary/aromatic N) is 4. The Labute approximate surface area is 635 Å². The van der Waals surface area contributed by atoms with Crippen molar-refractivity contribution in [3.63, 3.8) is 0 Å². The van der Waals surface area contributed by atoms with Gasteiger partial charge in [-0.05, 0) is 162 Å². The van der Waals surface area contributed by atoms with Crippen molar-refractivity contribution in [2.24, 2.45) is 10.2 Å². The number of rotatable bonds is 14. The number of carbonyl (C=O) groups is 6. The third-order valence-electron chi connectivity index (χ3n) is 18.9. The predicted molar refractivity (Wildman–Crippen MR) is 424 cm³/mol. The predicted octanol–water partition coefficient (Wildman–Crippen LogP) is 18.3. The highest BCUT2D eigenvalue weighted by Gasteiger charge is 2.36. The first-order chi connectivity index (χ1) is 51.3. The number of aliphatic carboxylic acids is 1. The summed E-state index contributed by atoms with van der Waals surface area (Å²) in [5.41, 5.74) is 4.77. The first kappa shape index (κ1) is 80.5. The number of hydrogen-bond donors (Lipinski definition) is 13. The van der Waals surface area contributed by atoms with Crippen molar-refractivity contribution in [3.8, 4) is 91.2 Å². The molecule has 2 heterocycles. The van der Waals surface area contributed by atoms with Crippen LogP contribution in [-0.2, 0) is 14.4 Å². The smallest absolute Gasteiger partial charge is 0.300 e. The summed E-state index contributed by atoms with van der Waals surface area (Å²) in [6.45, 7) is 29.6. The third-order valence-corrected chi connectivity index (χ3v) is 19.4. The summed E-state index contributed by atoms with van der Waals surface area (Å²) in [4.78, 5) is 70.7. The van der Waals surface area contributed by atoms with Crippen LogP contribution in [0.3, 0.4) is 0 Å². The zero-order valence-corrected chi connectivity index (χ0v) is 63.1. The molecule has 109 heavy (non-hydrogen) atoms. The lowest BCUT2D eigenvalue weighted by Gasteiger charge is -2.23. The molecule has 0 radical (unpaired) electrons. The topological polar surface area (TPSA) is 397 Å². The summed E-state index contributed by atoms with van der Waals surface area (Å²) < 4.78 is 0. The number of hydrogen-bond acceptors (Lipinski definition) is 20. The van der Waals surface area contributed by atoms with Crippen LogP contribution in [0.25, 0.3) is 71.4 Å². The number of allylic oxidation sites excluding steroid dienone is 2. The summed E-state index contributed by atoms with van der Waals surface area (Å²) >= 11 is 11.8. The van der Waals surface area contributed by atoms with Crippen LogP contribution in [-0.4, -0.2) is 114 Å². The molecule has 10 aromatic carbocycles. The number of hydrazone groups is 2. The van der Waals surface area contributed by atoms with Crippen LogP contribution in [0.1, 0.15) is 174 Å². The van der Waals surface area contributed by atoms with Gasteiger partial charge in [0.2, 0.25) is 0 Å². The average Bonchev–Trinajstić information content (AvgIpc) is 0.895. The Morgan fingerprint density at radius 1 is 0.431 bits per heavy atom. The van der Waals surface area contributed by atoms with Crippen molar-refractivity contribution >= 4 is 132 Å². The molecule has 2 amide bonds. The summed E-state index contributed by atoms with van der Waals surface area (Å²) in [5, 5.41) is 156. The zero-order chi connectivity index (χ0) is 80.9. The fourth-order valence-electron chi connectivity index (χ4n) is 14.2. The summed E-state index contributed by atoms with van der Waals surface area (Å²) in [6.07, 6.45) is 5.63. The van der Waals surface area contributed by atoms with Gasteiger partial charge in [-0.15, -0.1) is 0 Å². The zero-order valence-electron chi connectivity index (χ0n) is 61.6. The molecule has 0 fully saturated rings. The van der Waals surface area contributed by atoms with E-state index in [0.717, 1.165) is 17.6 Å². The minimum atomic E-state index is -0.833. The van der Waals surface area contributed by atoms with Gasteiger partial charge in [-0.25, -0.2) is 5.01 Å². The van der Waals surface area contributed by atoms with E-state index < -0.39 is 80.9 Å². The Bertz CT molecular complexity index is 5530. The fourth-order valence-corrected chi connectivity index (χ4v) is 14.4. The molecule has 2 aliphatic heterocycles. The number of fused-ring (bicyclic) bond motifs is 4. The molecule has 23 nitrogen and oxygen atoms in total. The molecule has 0 atom stereocenters. The molecule has 0 spiro atoms. The summed E-state index contributed by atoms with van der Waals surface area (Å²) in [6, 6.07) is 20.1. The van der Waals surface area contributed by atoms with E-state index in [2.05, 4.69) is 23.4 Å². The number of phenolic OH excluding ortho intramolecular Hbond substituents is 12. The average molecular weight is 1520 g/mol. The van der Waals surface area contributed by atoms with Crippen molar-refractivity contribution in [1.29, 1.82) is 0 Å². The normalized spacial score (nSPS) is 13.1. The van der Waals surface area contributed by atoms with Gasteiger partial charge in [-0.1, -0.05) is 116 Å². The number of benzene rings is 10. The van der Waals surface area contributed by atoms with Crippen LogP contribution in [0.4, 0.5) is 11.4 Å². The van der Waals surface area contributed by atoms with E-state index >= 15 is 0 Å². The molecular weight excluding hydrogens is 1440 g/mol. The molecule has 0 aromatic heterocycles. The maximum absolute atomic E-state index is 13.9. The Morgan fingerprint density at radius 2 is 0.706 bits per heavy atom. The Balaban J connectivity index is 0.000000208. The second kappa shape index (κ2) is 31.5. The van der Waals surface area contributed by atoms with Crippen molar-refractivity contribution < 1.29 is 95.2 Å². The van der Waals surface area contributed by atoms with Crippen LogP contribution in [0, 0.1) is 27.7 Å². The van der Waals surface area contributed by atoms with E-state index in [1.54, 1.807) is 148 Å². The van der Waals surface area contributed by atoms with Crippen LogP contribution in [0.2, 0.25) is 10.0 Å². The molecule has 0 aliphatic carbocycles. The number of amides is 2. The quantitative estimate of drug-likeness (QED) is 0.0273. The van der Waals surface area contributed by atoms with Crippen LogP contribution in [0.15, 0.2) is 114 Å². The largest absolute Gasteiger partial charge is 0.507 e. The Hall–Kier alpha value is -12.6. The van der Waals surface area contributed by atoms with Gasteiger partial charge in [-0.3, -0.25) is 28.8 Å². The molecule has 0 bridgehead atoms. The summed E-state index contributed by atoms with van der Waals surface area (Å²) in [5.74, 6) is -8.68. The minimum Gasteiger partial charge on any atom is -0.507 e. The number of carboxylic acid groups (broad SMARTS) is 1. The van der Waals surface area contributed by atoms with Gasteiger partial charge in [0, 0.05) is 88.6 Å². The number of aldehydes is 3. The van der Waals surface area contributed by atoms with E-state index in [9.17, 15) is 85.3 Å². The monoisotopic (exact) mass is 1520 g/mol. The van der Waals surface area contributed by atoms with E-state index in [4.69, 9.17) is 33.1 Å². The molecule has 0 saturated carbocycles. The van der Waals surface area contributed by atoms with Crippen LogP contribution >= 0.6 is 23.2 Å². The molecule has 12 rings (SSSR count). The number of phenols is 12. The van der Waals surface area contributed by atoms with Crippen LogP contribution in [0.5, 0.6) is 69.0 Å². The van der Waals surface area contributed by atoms with Gasteiger partial charge >= 0.3 is 0 Å². The molecule has 0 unspecified atom stereocenters. The minimum absolute atomic E-state index is 0.00512. The lowest BCUT2D eigenvalue weighted by atomic mass is 9.83. The Kier molecular flexibility index (Phi) is 23.2. The van der Waals surface area contributed by atoms with E-state index in [1.165, 1.54) is 17.2 Å². The number of aryl methyl sites for hydroxylation is 4. The Morgan fingerprint density at radius 3 is 0.963 bits per heavy atom. The number of carboxylic acids is 1. The maximum atomic E-state index is 13.9. The SMILES string of the molecule is C=CC1=NN(c2ccc(Cl)cc2)C(=O)/C1=C\c1c(O)c(O)c(C(C)C)c2cc(C)c(-c3c(C)cc4c(C(C)C)c(O)c(O)c(C=O)c4c3O)c(O)c12.C=CC1=NN(c2ccc(Cl)cc2)C(=O)C1.CC(=O)O.Cc1cc2c(C(C)C)c(O)c(O)c(C=O)c2c(O)c1-c1c(C)cc2c(C(C)C)c(O)c(O)c(C=O)c2c1O. The van der Waals surface area contributed by atoms with Crippen molar-refractivity contribution in [3.05, 3.63) is 180 Å². The van der Waals surface area contributed by atoms with Crippen molar-refractivity contribution in [2.75, 3.05) is 10.0 Å². The number of anilines is 2. The molecule has 10 aromatic rings. The lowest BCUT2D eigenvalue weighted by Crippen LogP contribution is -2.21. The molecular formula is C84H80Cl2N4O19. The van der Waals surface area contributed by atoms with E-state index in [0.29, 0.717) is 113 Å². The van der Waals surface area contributed by atoms with Gasteiger partial charge in [0.05, 0.1) is 51.5 Å². The number of halogens is 2. The van der Waals surface area contributed by atoms with Gasteiger partial charge in [0.1, 0.15) is 23.0 Å². The summed E-state index contributed by atoms with van der Waals surface area (Å²) in [7, 11) is 0. The van der Waals surface area contributed by atoms with Crippen molar-refractivity contribution in [1.82, 2.24) is 0 Å². The van der Waals surface area contributed by atoms with Crippen LogP contribution < -0.4 is 10.0 Å². The second-order valence-corrected chi connectivity index (χ2v) is 28.3. The first-order valence-electron chi connectivity index (χ1n) is 34.1. The standard InChI is InChI=1S/C41H37ClN2O8.C30H30O8.C11H9ClN2O.C2H4O2/c1-8-28-23(41(52)44(43-28)22-11-9-21(42)10-12-22)15-26-33-24(29(17(2)3)39(50)35(26)46)13-19(6)31(37(33)48)32-20(7)14-25-30(18(4)5)40(51)36(47)27(16-45)34(25)38(32)49;1-11(2)19-15-7-13(5)21(27(35)23(15)17(9-31)25(33)29(19)37)22-14(6)8-16-20(12(3)4)30(38)26(34)18(10-32)24(16)28(22)36;1-2-9-7-11(15)14(13-9)10-5-3-8(12)4-6-10;1-2(3)4/h8-18,46-51H,1H2,2-7H3;7-12,33-38H,1-6H3;2-6H,1,7H2;1H3,(H,3,4)/b23-15-;;;. The van der Waals surface area contributed by atoms with Crippen molar-refractivity contribution in [2.45, 2.75) is 120 Å². The molecule has 25 heteroatoms. The molecule has 13 N–H and O–H groups in total. The van der Waals surface area contributed by atoms with E-state index in [-0.39, 0.29) is 107 Å². The van der Waals surface area contributed by atoms with Gasteiger partial charge in [0.25, 0.3) is 17.8 Å². The molecule has 2 aliphatic rings. The highest BCUT2D eigenvalue weighted by molar-refractivity contribution is 6.37. The van der Waals surface area contributed by atoms with Gasteiger partial charge in [0.15, 0.2) is 64.9 Å². The number of carbonyl (C=O) groups excluding carboxylic acids is 5. The highest BCUT2D eigenvalue weighted by atomic mass is 35.5. The first-order valence-corrected chi connectivity index (χ1v) is 34.9. The highest BCUT2D eigenvalue weighted by Crippen LogP contribution is 2.58. The number of aromatic hydroxyl groups is 12. The van der Waals surface area contributed by atoms with Gasteiger partial charge in [-0.2, -0.15) is 15.2 Å². The molecule has 564 valence electrons. The van der Waals surface area contributed by atoms with Gasteiger partial charge < -0.3 is 66.4 Å². The third kappa shape index (κ3) is 14.3. The van der Waals surface area contributed by atoms with E-state index in [1.807, 2.05) is 13.8 Å².